The summed E-state index contributed by atoms with van der Waals surface area (Å²) in [6, 6.07) is 0. The van der Waals surface area contributed by atoms with E-state index in [4.69, 9.17) is 4.74 Å². The number of ether oxygens (including phenoxy) is 1. The Balaban J connectivity index is 3.31. The Bertz CT molecular complexity index is 210. The summed E-state index contributed by atoms with van der Waals surface area (Å²) < 4.78 is 5.13. The number of hydrogen-bond acceptors (Lipinski definition) is 3. The zero-order chi connectivity index (χ0) is 13.3. The molecule has 0 bridgehead atoms. The van der Waals surface area contributed by atoms with E-state index in [-0.39, 0.29) is 6.09 Å². The standard InChI is InChI=1S/C13H28N2O2/c1-11(2)7-10-14-8-6-9-15-12(16)17-13(3,4)5/h11,14H,6-10H2,1-5H3,(H,15,16). The third kappa shape index (κ3) is 13.2. The van der Waals surface area contributed by atoms with Crippen LogP contribution in [0, 0.1) is 5.92 Å². The second-order valence-corrected chi connectivity index (χ2v) is 5.71. The van der Waals surface area contributed by atoms with E-state index in [9.17, 15) is 4.79 Å². The van der Waals surface area contributed by atoms with Crippen LogP contribution in [0.5, 0.6) is 0 Å². The second-order valence-electron chi connectivity index (χ2n) is 5.71. The van der Waals surface area contributed by atoms with Crippen LogP contribution in [0.25, 0.3) is 0 Å². The maximum Gasteiger partial charge on any atom is 0.407 e. The minimum atomic E-state index is -0.417. The smallest absolute Gasteiger partial charge is 0.407 e. The molecule has 1 amide bonds. The molecule has 17 heavy (non-hydrogen) atoms. The summed E-state index contributed by atoms with van der Waals surface area (Å²) in [4.78, 5) is 11.3. The molecule has 0 fully saturated rings. The van der Waals surface area contributed by atoms with Crippen molar-refractivity contribution in [3.63, 3.8) is 0 Å². The fraction of sp³-hybridized carbons (Fsp3) is 0.923. The van der Waals surface area contributed by atoms with Gasteiger partial charge in [-0.05, 0) is 52.6 Å². The fourth-order valence-corrected chi connectivity index (χ4v) is 1.23. The predicted molar refractivity (Wildman–Crippen MR) is 71.2 cm³/mol. The van der Waals surface area contributed by atoms with Crippen molar-refractivity contribution in [3.05, 3.63) is 0 Å². The molecule has 2 N–H and O–H groups in total. The first-order valence-corrected chi connectivity index (χ1v) is 6.49. The molecule has 0 saturated heterocycles. The quantitative estimate of drug-likeness (QED) is 0.677. The molecule has 0 aliphatic rings. The van der Waals surface area contributed by atoms with E-state index < -0.39 is 5.60 Å². The van der Waals surface area contributed by atoms with Crippen LogP contribution in [0.15, 0.2) is 0 Å². The lowest BCUT2D eigenvalue weighted by Crippen LogP contribution is -2.34. The Kier molecular flexibility index (Phi) is 7.96. The van der Waals surface area contributed by atoms with Gasteiger partial charge in [0.2, 0.25) is 0 Å². The minimum Gasteiger partial charge on any atom is -0.444 e. The van der Waals surface area contributed by atoms with E-state index in [0.717, 1.165) is 25.4 Å². The summed E-state index contributed by atoms with van der Waals surface area (Å²) in [6.07, 6.45) is 1.79. The summed E-state index contributed by atoms with van der Waals surface area (Å²) in [6.45, 7) is 12.6. The molecule has 0 atom stereocenters. The third-order valence-electron chi connectivity index (χ3n) is 2.10. The van der Waals surface area contributed by atoms with Gasteiger partial charge in [-0.1, -0.05) is 13.8 Å². The monoisotopic (exact) mass is 244 g/mol. The lowest BCUT2D eigenvalue weighted by Gasteiger charge is -2.19. The van der Waals surface area contributed by atoms with E-state index in [1.165, 1.54) is 6.42 Å². The van der Waals surface area contributed by atoms with Crippen molar-refractivity contribution in [2.75, 3.05) is 19.6 Å². The summed E-state index contributed by atoms with van der Waals surface area (Å²) in [5.41, 5.74) is -0.417. The van der Waals surface area contributed by atoms with Gasteiger partial charge in [0.1, 0.15) is 5.60 Å². The average Bonchev–Trinajstić information content (AvgIpc) is 2.12. The van der Waals surface area contributed by atoms with Crippen molar-refractivity contribution in [3.8, 4) is 0 Å². The molecule has 0 aromatic heterocycles. The molecule has 102 valence electrons. The molecule has 0 radical (unpaired) electrons. The van der Waals surface area contributed by atoms with Crippen LogP contribution in [0.3, 0.4) is 0 Å². The van der Waals surface area contributed by atoms with Crippen LogP contribution in [-0.4, -0.2) is 31.3 Å². The van der Waals surface area contributed by atoms with Crippen molar-refractivity contribution in [2.45, 2.75) is 53.1 Å². The van der Waals surface area contributed by atoms with Crippen LogP contribution >= 0.6 is 0 Å². The number of alkyl carbamates (subject to hydrolysis) is 1. The Labute approximate surface area is 105 Å². The minimum absolute atomic E-state index is 0.334. The molecule has 0 rings (SSSR count). The zero-order valence-corrected chi connectivity index (χ0v) is 11.9. The molecule has 0 spiro atoms. The van der Waals surface area contributed by atoms with Gasteiger partial charge in [-0.25, -0.2) is 4.79 Å². The van der Waals surface area contributed by atoms with Gasteiger partial charge in [0.05, 0.1) is 0 Å². The highest BCUT2D eigenvalue weighted by molar-refractivity contribution is 5.67. The van der Waals surface area contributed by atoms with E-state index in [1.54, 1.807) is 0 Å². The maximum atomic E-state index is 11.3. The van der Waals surface area contributed by atoms with Gasteiger partial charge in [-0.2, -0.15) is 0 Å². The van der Waals surface area contributed by atoms with Gasteiger partial charge in [0, 0.05) is 6.54 Å². The van der Waals surface area contributed by atoms with E-state index in [1.807, 2.05) is 20.8 Å². The van der Waals surface area contributed by atoms with Gasteiger partial charge < -0.3 is 15.4 Å². The fourth-order valence-electron chi connectivity index (χ4n) is 1.23. The molecular formula is C13H28N2O2. The highest BCUT2D eigenvalue weighted by Gasteiger charge is 2.15. The van der Waals surface area contributed by atoms with Gasteiger partial charge in [0.25, 0.3) is 0 Å². The first kappa shape index (κ1) is 16.2. The summed E-state index contributed by atoms with van der Waals surface area (Å²) in [5.74, 6) is 0.738. The molecule has 0 unspecified atom stereocenters. The van der Waals surface area contributed by atoms with E-state index in [2.05, 4.69) is 24.5 Å². The molecular weight excluding hydrogens is 216 g/mol. The SMILES string of the molecule is CC(C)CCNCCCNC(=O)OC(C)(C)C. The lowest BCUT2D eigenvalue weighted by atomic mass is 10.1. The zero-order valence-electron chi connectivity index (χ0n) is 11.9. The molecule has 4 nitrogen and oxygen atoms in total. The molecule has 4 heteroatoms. The van der Waals surface area contributed by atoms with Crippen molar-refractivity contribution in [1.82, 2.24) is 10.6 Å². The van der Waals surface area contributed by atoms with Crippen molar-refractivity contribution < 1.29 is 9.53 Å². The van der Waals surface area contributed by atoms with Crippen LogP contribution in [0.1, 0.15) is 47.5 Å². The number of rotatable bonds is 7. The van der Waals surface area contributed by atoms with Crippen LogP contribution in [0.2, 0.25) is 0 Å². The number of carbonyl (C=O) groups is 1. The second kappa shape index (κ2) is 8.34. The van der Waals surface area contributed by atoms with Crippen LogP contribution in [0.4, 0.5) is 4.79 Å². The normalized spacial score (nSPS) is 11.6. The Morgan fingerprint density at radius 3 is 2.35 bits per heavy atom. The topological polar surface area (TPSA) is 50.4 Å². The molecule has 0 aliphatic heterocycles. The Morgan fingerprint density at radius 2 is 1.82 bits per heavy atom. The largest absolute Gasteiger partial charge is 0.444 e. The molecule has 0 aliphatic carbocycles. The Hall–Kier alpha value is -0.770. The number of amides is 1. The predicted octanol–water partition coefficient (Wildman–Crippen LogP) is 2.54. The van der Waals surface area contributed by atoms with Gasteiger partial charge in [0.15, 0.2) is 0 Å². The summed E-state index contributed by atoms with van der Waals surface area (Å²) in [5, 5.41) is 6.08. The highest BCUT2D eigenvalue weighted by atomic mass is 16.6. The highest BCUT2D eigenvalue weighted by Crippen LogP contribution is 2.06. The van der Waals surface area contributed by atoms with Crippen molar-refractivity contribution >= 4 is 6.09 Å². The van der Waals surface area contributed by atoms with Crippen LogP contribution < -0.4 is 10.6 Å². The Morgan fingerprint density at radius 1 is 1.18 bits per heavy atom. The average molecular weight is 244 g/mol. The lowest BCUT2D eigenvalue weighted by molar-refractivity contribution is 0.0527. The first-order valence-electron chi connectivity index (χ1n) is 6.49. The molecule has 0 saturated carbocycles. The summed E-state index contributed by atoms with van der Waals surface area (Å²) >= 11 is 0. The van der Waals surface area contributed by atoms with Gasteiger partial charge in [-0.15, -0.1) is 0 Å². The molecule has 0 aromatic carbocycles. The number of carbonyl (C=O) groups excluding carboxylic acids is 1. The van der Waals surface area contributed by atoms with Gasteiger partial charge >= 0.3 is 6.09 Å². The van der Waals surface area contributed by atoms with Crippen molar-refractivity contribution in [1.29, 1.82) is 0 Å². The molecule has 0 aromatic rings. The van der Waals surface area contributed by atoms with Crippen molar-refractivity contribution in [2.24, 2.45) is 5.92 Å². The third-order valence-corrected chi connectivity index (χ3v) is 2.10. The molecule has 0 heterocycles. The van der Waals surface area contributed by atoms with Gasteiger partial charge in [-0.3, -0.25) is 0 Å². The summed E-state index contributed by atoms with van der Waals surface area (Å²) in [7, 11) is 0. The first-order chi connectivity index (χ1) is 7.81. The maximum absolute atomic E-state index is 11.3. The van der Waals surface area contributed by atoms with E-state index in [0.29, 0.717) is 6.54 Å². The number of hydrogen-bond donors (Lipinski definition) is 2. The van der Waals surface area contributed by atoms with E-state index >= 15 is 0 Å². The number of nitrogens with one attached hydrogen (secondary N) is 2. The van der Waals surface area contributed by atoms with Crippen LogP contribution in [-0.2, 0) is 4.74 Å².